The Bertz CT molecular complexity index is 1200. The predicted octanol–water partition coefficient (Wildman–Crippen LogP) is 1.30. The van der Waals surface area contributed by atoms with Crippen molar-refractivity contribution in [2.24, 2.45) is 5.14 Å². The van der Waals surface area contributed by atoms with Crippen molar-refractivity contribution in [3.05, 3.63) is 48.7 Å². The van der Waals surface area contributed by atoms with E-state index in [0.29, 0.717) is 5.69 Å². The summed E-state index contributed by atoms with van der Waals surface area (Å²) in [6, 6.07) is 5.66. The summed E-state index contributed by atoms with van der Waals surface area (Å²) in [4.78, 5) is 12.7. The van der Waals surface area contributed by atoms with E-state index in [2.05, 4.69) is 20.1 Å². The van der Waals surface area contributed by atoms with E-state index in [1.807, 2.05) is 18.2 Å². The van der Waals surface area contributed by atoms with Crippen molar-refractivity contribution < 1.29 is 8.42 Å². The molecule has 0 amide bonds. The number of fused-ring (bicyclic) bond motifs is 2. The Morgan fingerprint density at radius 2 is 1.79 bits per heavy atom. The molecule has 8 nitrogen and oxygen atoms in total. The van der Waals surface area contributed by atoms with Gasteiger partial charge in [-0.2, -0.15) is 5.10 Å². The minimum atomic E-state index is -3.89. The lowest BCUT2D eigenvalue weighted by Gasteiger charge is -2.04. The number of aryl methyl sites for hydroxylation is 1. The number of rotatable bonds is 2. The maximum atomic E-state index is 11.7. The Morgan fingerprint density at radius 1 is 1.04 bits per heavy atom. The van der Waals surface area contributed by atoms with Gasteiger partial charge in [-0.25, -0.2) is 23.1 Å². The fourth-order valence-corrected chi connectivity index (χ4v) is 3.50. The molecule has 2 N–H and O–H groups in total. The van der Waals surface area contributed by atoms with E-state index in [1.54, 1.807) is 31.7 Å². The molecule has 0 fully saturated rings. The maximum absolute atomic E-state index is 11.7. The van der Waals surface area contributed by atoms with Crippen LogP contribution in [0.5, 0.6) is 0 Å². The summed E-state index contributed by atoms with van der Waals surface area (Å²) in [6.07, 6.45) is 6.56. The summed E-state index contributed by atoms with van der Waals surface area (Å²) in [6.45, 7) is 1.58. The van der Waals surface area contributed by atoms with Gasteiger partial charge in [0.2, 0.25) is 10.0 Å². The molecular weight excluding hydrogens is 328 g/mol. The number of nitrogens with two attached hydrogens (primary N) is 1. The molecule has 3 heterocycles. The highest BCUT2D eigenvalue weighted by atomic mass is 32.2. The van der Waals surface area contributed by atoms with Gasteiger partial charge in [0.25, 0.3) is 0 Å². The normalized spacial score (nSPS) is 12.1. The quantitative estimate of drug-likeness (QED) is 0.588. The van der Waals surface area contributed by atoms with E-state index in [9.17, 15) is 8.42 Å². The molecule has 0 aliphatic rings. The number of hydrogen-bond donors (Lipinski definition) is 1. The summed E-state index contributed by atoms with van der Waals surface area (Å²) in [7, 11) is -3.89. The fourth-order valence-electron chi connectivity index (χ4n) is 2.65. The molecule has 4 aromatic rings. The zero-order valence-corrected chi connectivity index (χ0v) is 13.4. The Kier molecular flexibility index (Phi) is 3.08. The highest BCUT2D eigenvalue weighted by molar-refractivity contribution is 7.89. The van der Waals surface area contributed by atoms with Crippen LogP contribution in [0.2, 0.25) is 0 Å². The van der Waals surface area contributed by atoms with Crippen molar-refractivity contribution >= 4 is 26.7 Å². The summed E-state index contributed by atoms with van der Waals surface area (Å²) in [5.41, 5.74) is 3.73. The third kappa shape index (κ3) is 2.30. The number of primary sulfonamides is 1. The topological polar surface area (TPSA) is 116 Å². The van der Waals surface area contributed by atoms with E-state index < -0.39 is 10.0 Å². The number of aromatic nitrogens is 5. The van der Waals surface area contributed by atoms with Gasteiger partial charge in [-0.05, 0) is 24.6 Å². The molecule has 24 heavy (non-hydrogen) atoms. The van der Waals surface area contributed by atoms with Gasteiger partial charge in [-0.15, -0.1) is 0 Å². The van der Waals surface area contributed by atoms with Crippen molar-refractivity contribution in [1.82, 2.24) is 24.6 Å². The Labute approximate surface area is 137 Å². The zero-order chi connectivity index (χ0) is 16.9. The molecule has 0 bridgehead atoms. The van der Waals surface area contributed by atoms with Crippen molar-refractivity contribution in [2.45, 2.75) is 11.8 Å². The molecular formula is C15H12N6O2S. The van der Waals surface area contributed by atoms with Crippen LogP contribution in [0, 0.1) is 6.92 Å². The van der Waals surface area contributed by atoms with Gasteiger partial charge in [-0.1, -0.05) is 6.07 Å². The average molecular weight is 340 g/mol. The van der Waals surface area contributed by atoms with Gasteiger partial charge in [-0.3, -0.25) is 9.97 Å². The van der Waals surface area contributed by atoms with Gasteiger partial charge < -0.3 is 0 Å². The van der Waals surface area contributed by atoms with E-state index in [1.165, 1.54) is 4.52 Å². The Balaban J connectivity index is 1.91. The molecule has 120 valence electrons. The summed E-state index contributed by atoms with van der Waals surface area (Å²) < 4.78 is 24.8. The molecule has 0 atom stereocenters. The predicted molar refractivity (Wildman–Crippen MR) is 87.6 cm³/mol. The first kappa shape index (κ1) is 14.7. The molecule has 0 saturated heterocycles. The van der Waals surface area contributed by atoms with Gasteiger partial charge in [0.05, 0.1) is 16.7 Å². The van der Waals surface area contributed by atoms with Crippen molar-refractivity contribution in [1.29, 1.82) is 0 Å². The average Bonchev–Trinajstić information content (AvgIpc) is 2.89. The zero-order valence-electron chi connectivity index (χ0n) is 12.6. The molecule has 3 aromatic heterocycles. The largest absolute Gasteiger partial charge is 0.253 e. The van der Waals surface area contributed by atoms with Crippen LogP contribution < -0.4 is 5.14 Å². The molecule has 0 saturated carbocycles. The minimum absolute atomic E-state index is 0.0570. The smallest absolute Gasteiger partial charge is 0.243 e. The molecule has 0 aliphatic heterocycles. The van der Waals surface area contributed by atoms with Gasteiger partial charge in [0, 0.05) is 30.4 Å². The maximum Gasteiger partial charge on any atom is 0.243 e. The Hall–Kier alpha value is -2.91. The number of sulfonamides is 1. The molecule has 1 aromatic carbocycles. The van der Waals surface area contributed by atoms with Crippen LogP contribution in [0.4, 0.5) is 0 Å². The first-order valence-electron chi connectivity index (χ1n) is 7.02. The third-order valence-electron chi connectivity index (χ3n) is 3.68. The first-order chi connectivity index (χ1) is 11.4. The van der Waals surface area contributed by atoms with Crippen LogP contribution in [0.3, 0.4) is 0 Å². The monoisotopic (exact) mass is 340 g/mol. The number of benzene rings is 1. The van der Waals surface area contributed by atoms with Gasteiger partial charge in [0.1, 0.15) is 4.90 Å². The summed E-state index contributed by atoms with van der Waals surface area (Å²) in [5, 5.41) is 9.44. The van der Waals surface area contributed by atoms with Crippen molar-refractivity contribution in [3.8, 4) is 11.1 Å². The van der Waals surface area contributed by atoms with Crippen LogP contribution >= 0.6 is 0 Å². The van der Waals surface area contributed by atoms with Gasteiger partial charge >= 0.3 is 0 Å². The lowest BCUT2D eigenvalue weighted by atomic mass is 10.1. The second-order valence-electron chi connectivity index (χ2n) is 5.33. The second kappa shape index (κ2) is 5.05. The van der Waals surface area contributed by atoms with E-state index in [4.69, 9.17) is 5.14 Å². The fraction of sp³-hybridized carbons (Fsp3) is 0.0667. The highest BCUT2D eigenvalue weighted by Crippen LogP contribution is 2.24. The standard InChI is InChI=1S/C15H12N6O2S/c1-9-14(24(16,22)23)15-19-7-11(8-21(15)20-9)10-2-3-12-13(6-10)18-5-4-17-12/h2-8H,1H3,(H2,16,22,23). The molecule has 0 radical (unpaired) electrons. The Morgan fingerprint density at radius 3 is 2.54 bits per heavy atom. The van der Waals surface area contributed by atoms with Crippen LogP contribution in [-0.2, 0) is 10.0 Å². The summed E-state index contributed by atoms with van der Waals surface area (Å²) in [5.74, 6) is 0. The summed E-state index contributed by atoms with van der Waals surface area (Å²) >= 11 is 0. The number of nitrogens with zero attached hydrogens (tertiary/aromatic N) is 5. The van der Waals surface area contributed by atoms with Crippen molar-refractivity contribution in [2.75, 3.05) is 0 Å². The highest BCUT2D eigenvalue weighted by Gasteiger charge is 2.21. The lowest BCUT2D eigenvalue weighted by Crippen LogP contribution is -2.13. The molecule has 4 rings (SSSR count). The molecule has 0 aliphatic carbocycles. The van der Waals surface area contributed by atoms with E-state index in [0.717, 1.165) is 22.2 Å². The van der Waals surface area contributed by atoms with Crippen molar-refractivity contribution in [3.63, 3.8) is 0 Å². The SMILES string of the molecule is Cc1nn2cc(-c3ccc4nccnc4c3)cnc2c1S(N)(=O)=O. The van der Waals surface area contributed by atoms with E-state index in [-0.39, 0.29) is 10.5 Å². The minimum Gasteiger partial charge on any atom is -0.253 e. The lowest BCUT2D eigenvalue weighted by molar-refractivity contribution is 0.598. The van der Waals surface area contributed by atoms with Crippen LogP contribution in [0.15, 0.2) is 47.9 Å². The van der Waals surface area contributed by atoms with Gasteiger partial charge in [0.15, 0.2) is 5.65 Å². The van der Waals surface area contributed by atoms with E-state index >= 15 is 0 Å². The molecule has 0 spiro atoms. The van der Waals surface area contributed by atoms with Crippen LogP contribution in [-0.4, -0.2) is 33.0 Å². The second-order valence-corrected chi connectivity index (χ2v) is 6.83. The number of hydrogen-bond acceptors (Lipinski definition) is 6. The van der Waals surface area contributed by atoms with Crippen LogP contribution in [0.25, 0.3) is 27.8 Å². The first-order valence-corrected chi connectivity index (χ1v) is 8.57. The molecule has 9 heteroatoms. The molecule has 0 unspecified atom stereocenters. The van der Waals surface area contributed by atoms with Crippen LogP contribution in [0.1, 0.15) is 5.69 Å². The third-order valence-corrected chi connectivity index (χ3v) is 4.73.